The highest BCUT2D eigenvalue weighted by atomic mass is 16.7. The Morgan fingerprint density at radius 3 is 2.29 bits per heavy atom. The van der Waals surface area contributed by atoms with E-state index in [0.29, 0.717) is 39.4 Å². The van der Waals surface area contributed by atoms with Gasteiger partial charge in [0, 0.05) is 30.9 Å². The molecule has 0 saturated heterocycles. The van der Waals surface area contributed by atoms with E-state index in [1.807, 2.05) is 65.0 Å². The number of rotatable bonds is 8. The van der Waals surface area contributed by atoms with Crippen molar-refractivity contribution in [3.8, 4) is 0 Å². The lowest BCUT2D eigenvalue weighted by Crippen LogP contribution is -2.37. The van der Waals surface area contributed by atoms with Gasteiger partial charge in [-0.2, -0.15) is 0 Å². The third-order valence-electron chi connectivity index (χ3n) is 4.13. The van der Waals surface area contributed by atoms with E-state index in [-0.39, 0.29) is 12.4 Å². The zero-order valence-corrected chi connectivity index (χ0v) is 17.7. The predicted molar refractivity (Wildman–Crippen MR) is 108 cm³/mol. The minimum atomic E-state index is -0.548. The Balaban J connectivity index is 2.16. The number of carbonyl (C=O) groups excluding carboxylic acids is 1. The number of amides is 1. The van der Waals surface area contributed by atoms with Gasteiger partial charge >= 0.3 is 6.09 Å². The molecule has 1 aromatic rings. The Hall–Kier alpha value is -1.89. The molecule has 0 unspecified atom stereocenters. The van der Waals surface area contributed by atoms with Gasteiger partial charge in [-0.25, -0.2) is 4.79 Å². The Bertz CT molecular complexity index is 642. The molecule has 1 aromatic carbocycles. The lowest BCUT2D eigenvalue weighted by molar-refractivity contribution is -0.140. The summed E-state index contributed by atoms with van der Waals surface area (Å²) in [4.78, 5) is 14.5. The Morgan fingerprint density at radius 2 is 1.79 bits per heavy atom. The van der Waals surface area contributed by atoms with Crippen LogP contribution in [0.1, 0.15) is 58.5 Å². The van der Waals surface area contributed by atoms with Gasteiger partial charge in [-0.15, -0.1) is 0 Å². The molecule has 156 valence electrons. The van der Waals surface area contributed by atoms with Gasteiger partial charge in [0.2, 0.25) is 0 Å². The number of hydrogen-bond donors (Lipinski definition) is 0. The molecular weight excluding hydrogens is 358 g/mol. The third kappa shape index (κ3) is 6.93. The summed E-state index contributed by atoms with van der Waals surface area (Å²) >= 11 is 0. The van der Waals surface area contributed by atoms with Gasteiger partial charge in [-0.05, 0) is 46.3 Å². The van der Waals surface area contributed by atoms with E-state index in [4.69, 9.17) is 18.9 Å². The molecule has 1 aliphatic rings. The molecule has 0 spiro atoms. The minimum absolute atomic E-state index is 0.341. The number of benzene rings is 1. The van der Waals surface area contributed by atoms with E-state index in [2.05, 4.69) is 0 Å². The maximum absolute atomic E-state index is 12.8. The van der Waals surface area contributed by atoms with E-state index in [0.717, 1.165) is 16.8 Å². The van der Waals surface area contributed by atoms with Crippen LogP contribution in [0.25, 0.3) is 0 Å². The van der Waals surface area contributed by atoms with Crippen LogP contribution in [0.15, 0.2) is 36.0 Å². The maximum Gasteiger partial charge on any atom is 0.414 e. The highest BCUT2D eigenvalue weighted by molar-refractivity contribution is 5.70. The fraction of sp³-hybridized carbons (Fsp3) is 0.591. The molecule has 0 atom stereocenters. The van der Waals surface area contributed by atoms with Crippen molar-refractivity contribution >= 4 is 6.09 Å². The van der Waals surface area contributed by atoms with Gasteiger partial charge in [0.15, 0.2) is 6.29 Å². The molecule has 6 heteroatoms. The molecule has 1 aliphatic heterocycles. The fourth-order valence-corrected chi connectivity index (χ4v) is 2.87. The summed E-state index contributed by atoms with van der Waals surface area (Å²) in [5, 5.41) is 0. The molecule has 1 heterocycles. The minimum Gasteiger partial charge on any atom is -0.443 e. The first-order valence-electron chi connectivity index (χ1n) is 9.93. The topological polar surface area (TPSA) is 57.2 Å². The van der Waals surface area contributed by atoms with Crippen molar-refractivity contribution in [2.75, 3.05) is 26.4 Å². The second-order valence-electron chi connectivity index (χ2n) is 7.57. The van der Waals surface area contributed by atoms with E-state index in [9.17, 15) is 4.79 Å². The van der Waals surface area contributed by atoms with E-state index in [1.54, 1.807) is 4.90 Å². The number of ether oxygens (including phenoxy) is 4. The van der Waals surface area contributed by atoms with Crippen molar-refractivity contribution < 1.29 is 23.7 Å². The summed E-state index contributed by atoms with van der Waals surface area (Å²) in [5.41, 5.74) is 2.36. The summed E-state index contributed by atoms with van der Waals surface area (Å²) < 4.78 is 22.3. The quantitative estimate of drug-likeness (QED) is 0.596. The van der Waals surface area contributed by atoms with Gasteiger partial charge in [-0.1, -0.05) is 24.3 Å². The molecule has 0 bridgehead atoms. The van der Waals surface area contributed by atoms with E-state index >= 15 is 0 Å². The molecule has 0 radical (unpaired) electrons. The van der Waals surface area contributed by atoms with Gasteiger partial charge in [0.25, 0.3) is 0 Å². The first-order valence-corrected chi connectivity index (χ1v) is 9.93. The number of hydrogen-bond acceptors (Lipinski definition) is 5. The van der Waals surface area contributed by atoms with Gasteiger partial charge in [0.05, 0.1) is 19.8 Å². The second-order valence-corrected chi connectivity index (χ2v) is 7.57. The van der Waals surface area contributed by atoms with Crippen molar-refractivity contribution in [3.05, 3.63) is 47.2 Å². The molecule has 0 aromatic heterocycles. The normalized spacial score (nSPS) is 14.7. The average Bonchev–Trinajstić information content (AvgIpc) is 2.66. The fourth-order valence-electron chi connectivity index (χ4n) is 2.87. The zero-order chi connectivity index (χ0) is 20.6. The van der Waals surface area contributed by atoms with Crippen LogP contribution in [0, 0.1) is 0 Å². The molecular formula is C22H33NO5. The van der Waals surface area contributed by atoms with Crippen LogP contribution in [-0.2, 0) is 25.5 Å². The van der Waals surface area contributed by atoms with Crippen molar-refractivity contribution in [2.45, 2.75) is 59.5 Å². The Morgan fingerprint density at radius 1 is 1.14 bits per heavy atom. The monoisotopic (exact) mass is 391 g/mol. The average molecular weight is 392 g/mol. The van der Waals surface area contributed by atoms with Crippen molar-refractivity contribution in [3.63, 3.8) is 0 Å². The summed E-state index contributed by atoms with van der Waals surface area (Å²) in [6.07, 6.45) is 1.92. The molecule has 2 rings (SSSR count). The van der Waals surface area contributed by atoms with Gasteiger partial charge in [0.1, 0.15) is 5.60 Å². The van der Waals surface area contributed by atoms with Crippen molar-refractivity contribution in [1.29, 1.82) is 0 Å². The van der Waals surface area contributed by atoms with Crippen LogP contribution in [0.3, 0.4) is 0 Å². The van der Waals surface area contributed by atoms with Crippen LogP contribution in [0.5, 0.6) is 0 Å². The summed E-state index contributed by atoms with van der Waals surface area (Å²) in [5.74, 6) is 0. The molecule has 0 N–H and O–H groups in total. The lowest BCUT2D eigenvalue weighted by Gasteiger charge is -2.30. The van der Waals surface area contributed by atoms with E-state index < -0.39 is 5.60 Å². The molecule has 0 aliphatic carbocycles. The van der Waals surface area contributed by atoms with Crippen LogP contribution in [-0.4, -0.2) is 43.0 Å². The standard InChI is InChI=1S/C22H33NO5/c1-6-26-20(27-7-2)18-10-8-17(9-11-18)16-23(19-12-14-25-15-13-19)21(24)28-22(3,4)5/h8-12,20H,6-7,13-16H2,1-5H3. The summed E-state index contributed by atoms with van der Waals surface area (Å²) in [7, 11) is 0. The first-order chi connectivity index (χ1) is 13.3. The third-order valence-corrected chi connectivity index (χ3v) is 4.13. The van der Waals surface area contributed by atoms with E-state index in [1.165, 1.54) is 0 Å². The number of nitrogens with zero attached hydrogens (tertiary/aromatic N) is 1. The van der Waals surface area contributed by atoms with Crippen LogP contribution in [0.4, 0.5) is 4.79 Å². The summed E-state index contributed by atoms with van der Waals surface area (Å²) in [6, 6.07) is 7.96. The molecule has 0 fully saturated rings. The molecule has 0 saturated carbocycles. The first kappa shape index (κ1) is 22.4. The van der Waals surface area contributed by atoms with Gasteiger partial charge < -0.3 is 18.9 Å². The van der Waals surface area contributed by atoms with Crippen molar-refractivity contribution in [2.24, 2.45) is 0 Å². The highest BCUT2D eigenvalue weighted by Crippen LogP contribution is 2.23. The largest absolute Gasteiger partial charge is 0.443 e. The molecule has 1 amide bonds. The SMILES string of the molecule is CCOC(OCC)c1ccc(CN(C(=O)OC(C)(C)C)C2=CCOCC2)cc1. The lowest BCUT2D eigenvalue weighted by atomic mass is 10.1. The van der Waals surface area contributed by atoms with Crippen molar-refractivity contribution in [1.82, 2.24) is 4.90 Å². The maximum atomic E-state index is 12.8. The highest BCUT2D eigenvalue weighted by Gasteiger charge is 2.26. The second kappa shape index (κ2) is 10.6. The van der Waals surface area contributed by atoms with Crippen LogP contribution >= 0.6 is 0 Å². The molecule has 28 heavy (non-hydrogen) atoms. The zero-order valence-electron chi connectivity index (χ0n) is 17.7. The van der Waals surface area contributed by atoms with Gasteiger partial charge in [-0.3, -0.25) is 4.90 Å². The summed E-state index contributed by atoms with van der Waals surface area (Å²) in [6.45, 7) is 12.2. The Labute approximate surface area is 168 Å². The molecule has 6 nitrogen and oxygen atoms in total. The Kier molecular flexibility index (Phi) is 8.48. The van der Waals surface area contributed by atoms with Crippen LogP contribution < -0.4 is 0 Å². The van der Waals surface area contributed by atoms with Crippen LogP contribution in [0.2, 0.25) is 0 Å². The smallest absolute Gasteiger partial charge is 0.414 e. The predicted octanol–water partition coefficient (Wildman–Crippen LogP) is 4.80. The number of carbonyl (C=O) groups is 1.